The van der Waals surface area contributed by atoms with Gasteiger partial charge in [0.15, 0.2) is 5.69 Å². The van der Waals surface area contributed by atoms with E-state index in [1.165, 1.54) is 25.5 Å². The minimum Gasteiger partial charge on any atom is -0.496 e. The zero-order valence-corrected chi connectivity index (χ0v) is 24.9. The highest BCUT2D eigenvalue weighted by Crippen LogP contribution is 2.41. The second-order valence-electron chi connectivity index (χ2n) is 11.4. The van der Waals surface area contributed by atoms with Crippen LogP contribution in [-0.4, -0.2) is 72.2 Å². The minimum atomic E-state index is -4.44. The Balaban J connectivity index is 1.90. The third-order valence-electron chi connectivity index (χ3n) is 7.06. The van der Waals surface area contributed by atoms with Gasteiger partial charge in [0, 0.05) is 30.1 Å². The second-order valence-corrected chi connectivity index (χ2v) is 14.1. The van der Waals surface area contributed by atoms with E-state index in [9.17, 15) is 31.5 Å². The molecule has 224 valence electrons. The van der Waals surface area contributed by atoms with Crippen molar-refractivity contribution in [2.24, 2.45) is 0 Å². The molecule has 1 amide bonds. The maximum absolute atomic E-state index is 13.2. The molecule has 14 heteroatoms. The van der Waals surface area contributed by atoms with Crippen LogP contribution in [0.4, 0.5) is 18.9 Å². The van der Waals surface area contributed by atoms with Crippen LogP contribution in [0.25, 0.3) is 11.3 Å². The summed E-state index contributed by atoms with van der Waals surface area (Å²) in [7, 11) is -1.84. The van der Waals surface area contributed by atoms with Gasteiger partial charge in [-0.25, -0.2) is 8.42 Å². The van der Waals surface area contributed by atoms with E-state index in [0.717, 1.165) is 6.92 Å². The highest BCUT2D eigenvalue weighted by atomic mass is 35.5. The lowest BCUT2D eigenvalue weighted by atomic mass is 9.84. The second kappa shape index (κ2) is 11.4. The number of carbonyl (C=O) groups excluding carboxylic acids is 1. The Bertz CT molecular complexity index is 1350. The van der Waals surface area contributed by atoms with E-state index in [0.29, 0.717) is 24.1 Å². The Morgan fingerprint density at radius 3 is 2.38 bits per heavy atom. The number of nitrogens with one attached hydrogen (secondary N) is 2. The summed E-state index contributed by atoms with van der Waals surface area (Å²) in [6.45, 7) is 6.43. The summed E-state index contributed by atoms with van der Waals surface area (Å²) >= 11 is 6.71. The smallest absolute Gasteiger partial charge is 0.408 e. The lowest BCUT2D eigenvalue weighted by Crippen LogP contribution is -2.47. The van der Waals surface area contributed by atoms with E-state index in [-0.39, 0.29) is 41.5 Å². The number of halogens is 4. The number of sulfone groups is 1. The van der Waals surface area contributed by atoms with Crippen LogP contribution in [0.1, 0.15) is 63.9 Å². The maximum atomic E-state index is 13.2. The van der Waals surface area contributed by atoms with Gasteiger partial charge in [-0.3, -0.25) is 9.48 Å². The fourth-order valence-electron chi connectivity index (χ4n) is 4.63. The standard InChI is InChI=1S/C26H36ClF3N4O5S/c1-15(26(28,29)30)32-16-7-8-18(19(13-16)39-5)22-20(27)21(33-34(22)24(2,3)4)23(35)31-14-25(36)11-9-17(10-12-25)40(6,37)38/h7-8,13,15,17,32,36H,9-12,14H2,1-6H3,(H,31,35). The number of benzene rings is 1. The predicted molar refractivity (Wildman–Crippen MR) is 148 cm³/mol. The van der Waals surface area contributed by atoms with Gasteiger partial charge < -0.3 is 20.5 Å². The van der Waals surface area contributed by atoms with Crippen molar-refractivity contribution < 1.29 is 36.2 Å². The van der Waals surface area contributed by atoms with Crippen LogP contribution in [0.2, 0.25) is 5.02 Å². The molecule has 1 aromatic carbocycles. The van der Waals surface area contributed by atoms with Crippen molar-refractivity contribution in [2.45, 2.75) is 82.0 Å². The Morgan fingerprint density at radius 1 is 1.27 bits per heavy atom. The first-order valence-electron chi connectivity index (χ1n) is 12.8. The van der Waals surface area contributed by atoms with Gasteiger partial charge in [-0.15, -0.1) is 0 Å². The quantitative estimate of drug-likeness (QED) is 0.394. The van der Waals surface area contributed by atoms with Gasteiger partial charge in [0.2, 0.25) is 0 Å². The van der Waals surface area contributed by atoms with E-state index in [1.807, 2.05) is 20.8 Å². The summed E-state index contributed by atoms with van der Waals surface area (Å²) in [6.07, 6.45) is -2.25. The van der Waals surface area contributed by atoms with Gasteiger partial charge in [0.25, 0.3) is 5.91 Å². The molecule has 1 unspecified atom stereocenters. The molecule has 0 aliphatic heterocycles. The molecular formula is C26H36ClF3N4O5S. The molecular weight excluding hydrogens is 573 g/mol. The first kappa shape index (κ1) is 32.0. The molecule has 0 radical (unpaired) electrons. The third-order valence-corrected chi connectivity index (χ3v) is 9.10. The van der Waals surface area contributed by atoms with Crippen molar-refractivity contribution in [3.63, 3.8) is 0 Å². The molecule has 1 saturated carbocycles. The number of amides is 1. The minimum absolute atomic E-state index is 0.00266. The van der Waals surface area contributed by atoms with Crippen molar-refractivity contribution in [2.75, 3.05) is 25.2 Å². The van der Waals surface area contributed by atoms with Crippen molar-refractivity contribution in [3.8, 4) is 17.0 Å². The predicted octanol–water partition coefficient (Wildman–Crippen LogP) is 4.78. The molecule has 40 heavy (non-hydrogen) atoms. The lowest BCUT2D eigenvalue weighted by molar-refractivity contribution is -0.138. The van der Waals surface area contributed by atoms with Gasteiger partial charge >= 0.3 is 6.18 Å². The summed E-state index contributed by atoms with van der Waals surface area (Å²) < 4.78 is 69.8. The van der Waals surface area contributed by atoms with Gasteiger partial charge in [0.1, 0.15) is 21.6 Å². The average Bonchev–Trinajstić information content (AvgIpc) is 3.19. The van der Waals surface area contributed by atoms with Crippen LogP contribution >= 0.6 is 11.6 Å². The van der Waals surface area contributed by atoms with Gasteiger partial charge in [-0.1, -0.05) is 11.6 Å². The zero-order chi connectivity index (χ0) is 30.3. The van der Waals surface area contributed by atoms with Crippen molar-refractivity contribution in [1.82, 2.24) is 15.1 Å². The first-order chi connectivity index (χ1) is 18.3. The number of anilines is 1. The highest BCUT2D eigenvalue weighted by molar-refractivity contribution is 7.91. The first-order valence-corrected chi connectivity index (χ1v) is 15.1. The van der Waals surface area contributed by atoms with Crippen LogP contribution in [0.15, 0.2) is 18.2 Å². The van der Waals surface area contributed by atoms with E-state index in [1.54, 1.807) is 10.7 Å². The van der Waals surface area contributed by atoms with Crippen molar-refractivity contribution in [3.05, 3.63) is 28.9 Å². The Labute approximate surface area is 237 Å². The molecule has 1 heterocycles. The number of ether oxygens (including phenoxy) is 1. The summed E-state index contributed by atoms with van der Waals surface area (Å²) in [6, 6.07) is 2.62. The Kier molecular flexibility index (Phi) is 9.12. The summed E-state index contributed by atoms with van der Waals surface area (Å²) in [5.74, 6) is -0.417. The van der Waals surface area contributed by atoms with E-state index < -0.39 is 44.4 Å². The summed E-state index contributed by atoms with van der Waals surface area (Å²) in [4.78, 5) is 13.2. The molecule has 1 atom stereocenters. The number of alkyl halides is 3. The highest BCUT2D eigenvalue weighted by Gasteiger charge is 2.38. The molecule has 3 N–H and O–H groups in total. The number of nitrogens with zero attached hydrogens (tertiary/aromatic N) is 2. The average molecular weight is 609 g/mol. The SMILES string of the molecule is COc1cc(NC(C)C(F)(F)F)ccc1-c1c(Cl)c(C(=O)NCC2(O)CCC(S(C)(=O)=O)CC2)nn1C(C)(C)C. The molecule has 0 bridgehead atoms. The number of hydrogen-bond acceptors (Lipinski definition) is 7. The Morgan fingerprint density at radius 2 is 1.88 bits per heavy atom. The zero-order valence-electron chi connectivity index (χ0n) is 23.3. The number of aliphatic hydroxyl groups is 1. The third kappa shape index (κ3) is 7.22. The number of methoxy groups -OCH3 is 1. The fourth-order valence-corrected chi connectivity index (χ4v) is 6.03. The number of hydrogen-bond donors (Lipinski definition) is 3. The molecule has 0 saturated heterocycles. The van der Waals surface area contributed by atoms with Crippen LogP contribution in [0, 0.1) is 0 Å². The van der Waals surface area contributed by atoms with Crippen LogP contribution in [0.5, 0.6) is 5.75 Å². The molecule has 1 aromatic heterocycles. The number of carbonyl (C=O) groups is 1. The largest absolute Gasteiger partial charge is 0.496 e. The molecule has 2 aromatic rings. The van der Waals surface area contributed by atoms with Crippen molar-refractivity contribution in [1.29, 1.82) is 0 Å². The van der Waals surface area contributed by atoms with Gasteiger partial charge in [0.05, 0.1) is 34.2 Å². The number of aromatic nitrogens is 2. The van der Waals surface area contributed by atoms with Crippen LogP contribution in [0.3, 0.4) is 0 Å². The molecule has 1 fully saturated rings. The molecule has 9 nitrogen and oxygen atoms in total. The van der Waals surface area contributed by atoms with Gasteiger partial charge in [-0.2, -0.15) is 18.3 Å². The topological polar surface area (TPSA) is 123 Å². The molecule has 0 spiro atoms. The van der Waals surface area contributed by atoms with Gasteiger partial charge in [-0.05, 0) is 65.5 Å². The normalized spacial score (nSPS) is 21.1. The summed E-state index contributed by atoms with van der Waals surface area (Å²) in [5, 5.41) is 19.9. The lowest BCUT2D eigenvalue weighted by Gasteiger charge is -2.35. The Hall–Kier alpha value is -2.51. The fraction of sp³-hybridized carbons (Fsp3) is 0.615. The maximum Gasteiger partial charge on any atom is 0.408 e. The molecule has 3 rings (SSSR count). The van der Waals surface area contributed by atoms with E-state index in [4.69, 9.17) is 16.3 Å². The molecule has 1 aliphatic rings. The number of rotatable bonds is 8. The van der Waals surface area contributed by atoms with Crippen molar-refractivity contribution >= 4 is 33.0 Å². The van der Waals surface area contributed by atoms with E-state index >= 15 is 0 Å². The monoisotopic (exact) mass is 608 g/mol. The molecule has 1 aliphatic carbocycles. The van der Waals surface area contributed by atoms with Crippen LogP contribution in [-0.2, 0) is 15.4 Å². The summed E-state index contributed by atoms with van der Waals surface area (Å²) in [5.41, 5.74) is -1.10. The van der Waals surface area contributed by atoms with Crippen LogP contribution < -0.4 is 15.4 Å². The van der Waals surface area contributed by atoms with E-state index in [2.05, 4.69) is 15.7 Å².